The number of carbonyl (C=O) groups excluding carboxylic acids is 1. The van der Waals surface area contributed by atoms with Gasteiger partial charge in [0.15, 0.2) is 0 Å². The summed E-state index contributed by atoms with van der Waals surface area (Å²) in [6.07, 6.45) is -3.09. The molecule has 98 valence electrons. The minimum Gasteiger partial charge on any atom is -0.365 e. The highest BCUT2D eigenvalue weighted by atomic mass is 19.4. The highest BCUT2D eigenvalue weighted by molar-refractivity contribution is 5.97. The molecule has 18 heavy (non-hydrogen) atoms. The van der Waals surface area contributed by atoms with E-state index in [1.54, 1.807) is 0 Å². The molecule has 4 nitrogen and oxygen atoms in total. The number of pyridine rings is 1. The first-order valence-corrected chi connectivity index (χ1v) is 4.97. The van der Waals surface area contributed by atoms with E-state index < -0.39 is 17.8 Å². The van der Waals surface area contributed by atoms with Crippen LogP contribution in [0.3, 0.4) is 0 Å². The van der Waals surface area contributed by atoms with E-state index in [1.807, 2.05) is 0 Å². The lowest BCUT2D eigenvalue weighted by Crippen LogP contribution is -2.25. The highest BCUT2D eigenvalue weighted by Crippen LogP contribution is 2.30. The van der Waals surface area contributed by atoms with Gasteiger partial charge in [0.2, 0.25) is 0 Å². The van der Waals surface area contributed by atoms with E-state index in [1.165, 1.54) is 18.0 Å². The molecule has 1 heterocycles. The summed E-state index contributed by atoms with van der Waals surface area (Å²) in [7, 11) is 1.50. The first-order chi connectivity index (χ1) is 8.27. The number of amides is 1. The van der Waals surface area contributed by atoms with Crippen molar-refractivity contribution in [1.29, 1.82) is 0 Å². The van der Waals surface area contributed by atoms with Crippen molar-refractivity contribution in [2.24, 2.45) is 5.73 Å². The van der Waals surface area contributed by atoms with Crippen molar-refractivity contribution >= 4 is 11.7 Å². The molecule has 0 bridgehead atoms. The summed E-state index contributed by atoms with van der Waals surface area (Å²) in [6, 6.07) is 1.75. The maximum atomic E-state index is 12.5. The Morgan fingerprint density at radius 2 is 2.17 bits per heavy atom. The molecule has 0 saturated carbocycles. The summed E-state index contributed by atoms with van der Waals surface area (Å²) in [6.45, 7) is 3.71. The zero-order valence-corrected chi connectivity index (χ0v) is 9.66. The molecule has 0 aliphatic heterocycles. The maximum absolute atomic E-state index is 12.5. The second kappa shape index (κ2) is 5.07. The quantitative estimate of drug-likeness (QED) is 0.839. The van der Waals surface area contributed by atoms with Crippen LogP contribution in [0.15, 0.2) is 24.8 Å². The zero-order chi connectivity index (χ0) is 13.9. The van der Waals surface area contributed by atoms with Crippen LogP contribution in [0.4, 0.5) is 19.0 Å². The number of carbonyl (C=O) groups is 1. The van der Waals surface area contributed by atoms with Crippen LogP contribution >= 0.6 is 0 Å². The molecular weight excluding hydrogens is 247 g/mol. The molecule has 0 aliphatic rings. The molecule has 2 N–H and O–H groups in total. The Labute approximate surface area is 102 Å². The largest absolute Gasteiger partial charge is 0.433 e. The molecule has 7 heteroatoms. The van der Waals surface area contributed by atoms with Crippen molar-refractivity contribution in [2.75, 3.05) is 18.5 Å². The van der Waals surface area contributed by atoms with Crippen LogP contribution in [0.1, 0.15) is 16.1 Å². The summed E-state index contributed by atoms with van der Waals surface area (Å²) in [5.41, 5.74) is 3.96. The average Bonchev–Trinajstić information content (AvgIpc) is 2.27. The number of nitrogens with two attached hydrogens (primary N) is 1. The van der Waals surface area contributed by atoms with E-state index in [2.05, 4.69) is 11.6 Å². The smallest absolute Gasteiger partial charge is 0.365 e. The lowest BCUT2D eigenvalue weighted by atomic mass is 10.2. The number of aromatic nitrogens is 1. The van der Waals surface area contributed by atoms with Crippen molar-refractivity contribution in [3.8, 4) is 0 Å². The minimum atomic E-state index is -4.57. The van der Waals surface area contributed by atoms with Crippen LogP contribution in [0.5, 0.6) is 0 Å². The van der Waals surface area contributed by atoms with E-state index in [9.17, 15) is 18.0 Å². The van der Waals surface area contributed by atoms with Crippen LogP contribution in [-0.4, -0.2) is 24.5 Å². The third-order valence-electron chi connectivity index (χ3n) is 2.20. The van der Waals surface area contributed by atoms with Gasteiger partial charge in [-0.1, -0.05) is 6.08 Å². The molecule has 1 aromatic heterocycles. The fourth-order valence-corrected chi connectivity index (χ4v) is 1.37. The van der Waals surface area contributed by atoms with E-state index >= 15 is 0 Å². The summed E-state index contributed by atoms with van der Waals surface area (Å²) in [5, 5.41) is 0. The SMILES string of the molecule is C=CCN(C)c1nc(C(F)(F)F)ccc1C(N)=O. The lowest BCUT2D eigenvalue weighted by Gasteiger charge is -2.19. The van der Waals surface area contributed by atoms with Crippen molar-refractivity contribution in [1.82, 2.24) is 4.98 Å². The maximum Gasteiger partial charge on any atom is 0.433 e. The minimum absolute atomic E-state index is 0.0626. The molecule has 0 spiro atoms. The van der Waals surface area contributed by atoms with Gasteiger partial charge in [-0.05, 0) is 12.1 Å². The van der Waals surface area contributed by atoms with Crippen LogP contribution in [-0.2, 0) is 6.18 Å². The summed E-state index contributed by atoms with van der Waals surface area (Å²) >= 11 is 0. The molecule has 0 radical (unpaired) electrons. The second-order valence-electron chi connectivity index (χ2n) is 3.60. The van der Waals surface area contributed by atoms with Gasteiger partial charge in [0, 0.05) is 13.6 Å². The summed E-state index contributed by atoms with van der Waals surface area (Å²) in [5.74, 6) is -0.945. The predicted octanol–water partition coefficient (Wildman–Crippen LogP) is 1.82. The highest BCUT2D eigenvalue weighted by Gasteiger charge is 2.33. The predicted molar refractivity (Wildman–Crippen MR) is 61.2 cm³/mol. The Morgan fingerprint density at radius 3 is 2.61 bits per heavy atom. The third-order valence-corrected chi connectivity index (χ3v) is 2.20. The Kier molecular flexibility index (Phi) is 3.95. The summed E-state index contributed by atoms with van der Waals surface area (Å²) < 4.78 is 37.6. The van der Waals surface area contributed by atoms with E-state index in [-0.39, 0.29) is 17.9 Å². The van der Waals surface area contributed by atoms with Crippen LogP contribution in [0.25, 0.3) is 0 Å². The van der Waals surface area contributed by atoms with Crippen molar-refractivity contribution in [3.05, 3.63) is 36.0 Å². The summed E-state index contributed by atoms with van der Waals surface area (Å²) in [4.78, 5) is 15.9. The Balaban J connectivity index is 3.32. The first-order valence-electron chi connectivity index (χ1n) is 4.97. The van der Waals surface area contributed by atoms with Crippen LogP contribution in [0, 0.1) is 0 Å². The Bertz CT molecular complexity index is 471. The number of hydrogen-bond donors (Lipinski definition) is 1. The number of alkyl halides is 3. The van der Waals surface area contributed by atoms with Crippen molar-refractivity contribution in [3.63, 3.8) is 0 Å². The van der Waals surface area contributed by atoms with Gasteiger partial charge in [0.1, 0.15) is 11.5 Å². The first kappa shape index (κ1) is 14.0. The third kappa shape index (κ3) is 2.99. The fourth-order valence-electron chi connectivity index (χ4n) is 1.37. The topological polar surface area (TPSA) is 59.2 Å². The monoisotopic (exact) mass is 259 g/mol. The molecule has 1 rings (SSSR count). The molecular formula is C11H12F3N3O. The number of likely N-dealkylation sites (N-methyl/N-ethyl adjacent to an activating group) is 1. The number of rotatable bonds is 4. The van der Waals surface area contributed by atoms with Gasteiger partial charge in [-0.25, -0.2) is 4.98 Å². The molecule has 0 saturated heterocycles. The molecule has 0 unspecified atom stereocenters. The Morgan fingerprint density at radius 1 is 1.56 bits per heavy atom. The molecule has 0 fully saturated rings. The van der Waals surface area contributed by atoms with Gasteiger partial charge in [-0.2, -0.15) is 13.2 Å². The molecule has 0 aromatic carbocycles. The lowest BCUT2D eigenvalue weighted by molar-refractivity contribution is -0.141. The molecule has 1 aromatic rings. The Hall–Kier alpha value is -2.05. The number of halogens is 3. The normalized spacial score (nSPS) is 11.1. The van der Waals surface area contributed by atoms with E-state index in [0.29, 0.717) is 0 Å². The number of hydrogen-bond acceptors (Lipinski definition) is 3. The van der Waals surface area contributed by atoms with Crippen LogP contribution in [0.2, 0.25) is 0 Å². The van der Waals surface area contributed by atoms with E-state index in [4.69, 9.17) is 5.73 Å². The average molecular weight is 259 g/mol. The molecule has 0 aliphatic carbocycles. The van der Waals surface area contributed by atoms with Gasteiger partial charge in [-0.15, -0.1) is 6.58 Å². The number of anilines is 1. The van der Waals surface area contributed by atoms with Gasteiger partial charge in [0.25, 0.3) is 5.91 Å². The fraction of sp³-hybridized carbons (Fsp3) is 0.273. The number of primary amides is 1. The van der Waals surface area contributed by atoms with Crippen molar-refractivity contribution in [2.45, 2.75) is 6.18 Å². The number of nitrogens with zero attached hydrogens (tertiary/aromatic N) is 2. The van der Waals surface area contributed by atoms with Crippen LogP contribution < -0.4 is 10.6 Å². The standard InChI is InChI=1S/C11H12F3N3O/c1-3-6-17(2)10-7(9(15)18)4-5-8(16-10)11(12,13)14/h3-5H,1,6H2,2H3,(H2,15,18). The van der Waals surface area contributed by atoms with Gasteiger partial charge in [0.05, 0.1) is 5.56 Å². The van der Waals surface area contributed by atoms with Crippen molar-refractivity contribution < 1.29 is 18.0 Å². The molecule has 0 atom stereocenters. The second-order valence-corrected chi connectivity index (χ2v) is 3.60. The zero-order valence-electron chi connectivity index (χ0n) is 9.66. The van der Waals surface area contributed by atoms with E-state index in [0.717, 1.165) is 12.1 Å². The van der Waals surface area contributed by atoms with Gasteiger partial charge in [-0.3, -0.25) is 4.79 Å². The van der Waals surface area contributed by atoms with Gasteiger partial charge < -0.3 is 10.6 Å². The molecule has 1 amide bonds. The van der Waals surface area contributed by atoms with Gasteiger partial charge >= 0.3 is 6.18 Å².